The molecule has 0 aromatic carbocycles. The molecule has 0 spiro atoms. The number of nitrogens with zero attached hydrogens (tertiary/aromatic N) is 3. The SMILES string of the molecule is CC(Nc1ccc(Cl)nc1)c1nccn1C. The van der Waals surface area contributed by atoms with E-state index in [1.54, 1.807) is 18.5 Å². The van der Waals surface area contributed by atoms with E-state index in [-0.39, 0.29) is 6.04 Å². The number of hydrogen-bond acceptors (Lipinski definition) is 3. The van der Waals surface area contributed by atoms with E-state index >= 15 is 0 Å². The summed E-state index contributed by atoms with van der Waals surface area (Å²) in [5.41, 5.74) is 0.930. The zero-order chi connectivity index (χ0) is 11.5. The van der Waals surface area contributed by atoms with Gasteiger partial charge in [0.15, 0.2) is 0 Å². The second-order valence-corrected chi connectivity index (χ2v) is 4.02. The quantitative estimate of drug-likeness (QED) is 0.834. The van der Waals surface area contributed by atoms with Crippen molar-refractivity contribution in [2.45, 2.75) is 13.0 Å². The Morgan fingerprint density at radius 1 is 1.38 bits per heavy atom. The van der Waals surface area contributed by atoms with Crippen LogP contribution in [0.1, 0.15) is 18.8 Å². The molecule has 0 radical (unpaired) electrons. The normalized spacial score (nSPS) is 12.4. The number of aromatic nitrogens is 3. The van der Waals surface area contributed by atoms with Gasteiger partial charge in [0.2, 0.25) is 0 Å². The van der Waals surface area contributed by atoms with Gasteiger partial charge in [-0.15, -0.1) is 0 Å². The van der Waals surface area contributed by atoms with Crippen LogP contribution < -0.4 is 5.32 Å². The fraction of sp³-hybridized carbons (Fsp3) is 0.273. The zero-order valence-electron chi connectivity index (χ0n) is 9.18. The number of rotatable bonds is 3. The van der Waals surface area contributed by atoms with Crippen molar-refractivity contribution in [2.75, 3.05) is 5.32 Å². The van der Waals surface area contributed by atoms with Crippen molar-refractivity contribution in [2.24, 2.45) is 7.05 Å². The molecule has 0 aliphatic carbocycles. The molecule has 0 amide bonds. The lowest BCUT2D eigenvalue weighted by atomic mass is 10.3. The Labute approximate surface area is 99.3 Å². The van der Waals surface area contributed by atoms with Crippen molar-refractivity contribution >= 4 is 17.3 Å². The summed E-state index contributed by atoms with van der Waals surface area (Å²) < 4.78 is 1.99. The molecule has 2 aromatic rings. The van der Waals surface area contributed by atoms with E-state index in [1.165, 1.54) is 0 Å². The molecule has 2 rings (SSSR count). The highest BCUT2D eigenvalue weighted by molar-refractivity contribution is 6.29. The van der Waals surface area contributed by atoms with Gasteiger partial charge in [0.05, 0.1) is 17.9 Å². The van der Waals surface area contributed by atoms with Gasteiger partial charge in [-0.1, -0.05) is 11.6 Å². The van der Waals surface area contributed by atoms with E-state index in [0.717, 1.165) is 11.5 Å². The first-order valence-corrected chi connectivity index (χ1v) is 5.40. The highest BCUT2D eigenvalue weighted by Gasteiger charge is 2.09. The maximum absolute atomic E-state index is 5.72. The van der Waals surface area contributed by atoms with Gasteiger partial charge in [-0.25, -0.2) is 9.97 Å². The number of pyridine rings is 1. The molecule has 16 heavy (non-hydrogen) atoms. The van der Waals surface area contributed by atoms with Crippen LogP contribution >= 0.6 is 11.6 Å². The van der Waals surface area contributed by atoms with Crippen LogP contribution in [0, 0.1) is 0 Å². The van der Waals surface area contributed by atoms with E-state index in [1.807, 2.05) is 23.9 Å². The number of halogens is 1. The number of hydrogen-bond donors (Lipinski definition) is 1. The van der Waals surface area contributed by atoms with Crippen LogP contribution in [0.4, 0.5) is 5.69 Å². The van der Waals surface area contributed by atoms with Crippen LogP contribution in [0.2, 0.25) is 5.15 Å². The monoisotopic (exact) mass is 236 g/mol. The van der Waals surface area contributed by atoms with E-state index in [2.05, 4.69) is 22.2 Å². The van der Waals surface area contributed by atoms with E-state index in [9.17, 15) is 0 Å². The van der Waals surface area contributed by atoms with Gasteiger partial charge >= 0.3 is 0 Å². The first kappa shape index (κ1) is 11.0. The van der Waals surface area contributed by atoms with Crippen LogP contribution in [-0.4, -0.2) is 14.5 Å². The Hall–Kier alpha value is -1.55. The first-order valence-electron chi connectivity index (χ1n) is 5.02. The lowest BCUT2D eigenvalue weighted by Gasteiger charge is -2.14. The highest BCUT2D eigenvalue weighted by atomic mass is 35.5. The Balaban J connectivity index is 2.10. The van der Waals surface area contributed by atoms with E-state index < -0.39 is 0 Å². The molecule has 1 N–H and O–H groups in total. The number of aryl methyl sites for hydroxylation is 1. The second-order valence-electron chi connectivity index (χ2n) is 3.63. The van der Waals surface area contributed by atoms with Crippen LogP contribution in [-0.2, 0) is 7.05 Å². The van der Waals surface area contributed by atoms with Gasteiger partial charge in [-0.3, -0.25) is 0 Å². The predicted molar refractivity (Wildman–Crippen MR) is 64.5 cm³/mol. The van der Waals surface area contributed by atoms with Crippen molar-refractivity contribution < 1.29 is 0 Å². The van der Waals surface area contributed by atoms with Crippen LogP contribution in [0.5, 0.6) is 0 Å². The van der Waals surface area contributed by atoms with Gasteiger partial charge < -0.3 is 9.88 Å². The predicted octanol–water partition coefficient (Wildman–Crippen LogP) is 2.64. The van der Waals surface area contributed by atoms with Crippen molar-refractivity contribution in [1.29, 1.82) is 0 Å². The van der Waals surface area contributed by atoms with E-state index in [0.29, 0.717) is 5.15 Å². The smallest absolute Gasteiger partial charge is 0.130 e. The van der Waals surface area contributed by atoms with Crippen LogP contribution in [0.25, 0.3) is 0 Å². The molecule has 1 unspecified atom stereocenters. The largest absolute Gasteiger partial charge is 0.374 e. The first-order chi connectivity index (χ1) is 7.66. The van der Waals surface area contributed by atoms with Crippen molar-refractivity contribution in [1.82, 2.24) is 14.5 Å². The van der Waals surface area contributed by atoms with E-state index in [4.69, 9.17) is 11.6 Å². The number of anilines is 1. The summed E-state index contributed by atoms with van der Waals surface area (Å²) in [5.74, 6) is 0.981. The third-order valence-corrected chi connectivity index (χ3v) is 2.58. The third-order valence-electron chi connectivity index (χ3n) is 2.36. The maximum atomic E-state index is 5.72. The third kappa shape index (κ3) is 2.33. The summed E-state index contributed by atoms with van der Waals surface area (Å²) in [4.78, 5) is 8.30. The molecule has 84 valence electrons. The highest BCUT2D eigenvalue weighted by Crippen LogP contribution is 2.17. The van der Waals surface area contributed by atoms with Gasteiger partial charge in [0.25, 0.3) is 0 Å². The molecule has 0 bridgehead atoms. The Morgan fingerprint density at radius 2 is 2.19 bits per heavy atom. The van der Waals surface area contributed by atoms with Crippen molar-refractivity contribution in [3.63, 3.8) is 0 Å². The molecular weight excluding hydrogens is 224 g/mol. The molecule has 0 saturated heterocycles. The van der Waals surface area contributed by atoms with Gasteiger partial charge in [-0.05, 0) is 19.1 Å². The van der Waals surface area contributed by atoms with Crippen LogP contribution in [0.3, 0.4) is 0 Å². The lowest BCUT2D eigenvalue weighted by Crippen LogP contribution is -2.11. The summed E-state index contributed by atoms with van der Waals surface area (Å²) in [6.07, 6.45) is 5.42. The Kier molecular flexibility index (Phi) is 3.10. The topological polar surface area (TPSA) is 42.7 Å². The summed E-state index contributed by atoms with van der Waals surface area (Å²) in [6, 6.07) is 3.78. The number of imidazole rings is 1. The summed E-state index contributed by atoms with van der Waals surface area (Å²) in [5, 5.41) is 3.80. The minimum absolute atomic E-state index is 0.128. The second kappa shape index (κ2) is 4.53. The minimum atomic E-state index is 0.128. The lowest BCUT2D eigenvalue weighted by molar-refractivity contribution is 0.721. The Morgan fingerprint density at radius 3 is 2.75 bits per heavy atom. The molecule has 2 aromatic heterocycles. The molecular formula is C11H13ClN4. The molecule has 0 aliphatic heterocycles. The standard InChI is InChI=1S/C11H13ClN4/c1-8(11-13-5-6-16(11)2)15-9-3-4-10(12)14-7-9/h3-8,15H,1-2H3. The molecule has 1 atom stereocenters. The zero-order valence-corrected chi connectivity index (χ0v) is 9.94. The average molecular weight is 237 g/mol. The fourth-order valence-corrected chi connectivity index (χ4v) is 1.68. The number of nitrogens with one attached hydrogen (secondary N) is 1. The summed E-state index contributed by atoms with van der Waals surface area (Å²) >= 11 is 5.72. The molecule has 2 heterocycles. The molecule has 0 fully saturated rings. The minimum Gasteiger partial charge on any atom is -0.374 e. The van der Waals surface area contributed by atoms with Crippen LogP contribution in [0.15, 0.2) is 30.7 Å². The molecule has 5 heteroatoms. The average Bonchev–Trinajstić information content (AvgIpc) is 2.68. The van der Waals surface area contributed by atoms with Crippen molar-refractivity contribution in [3.05, 3.63) is 41.7 Å². The Bertz CT molecular complexity index is 463. The maximum Gasteiger partial charge on any atom is 0.130 e. The summed E-state index contributed by atoms with van der Waals surface area (Å²) in [6.45, 7) is 2.05. The molecule has 0 aliphatic rings. The van der Waals surface area contributed by atoms with Crippen molar-refractivity contribution in [3.8, 4) is 0 Å². The van der Waals surface area contributed by atoms with Gasteiger partial charge in [-0.2, -0.15) is 0 Å². The molecule has 4 nitrogen and oxygen atoms in total. The molecule has 0 saturated carbocycles. The van der Waals surface area contributed by atoms with Gasteiger partial charge in [0.1, 0.15) is 11.0 Å². The summed E-state index contributed by atoms with van der Waals surface area (Å²) in [7, 11) is 1.97. The van der Waals surface area contributed by atoms with Gasteiger partial charge in [0, 0.05) is 19.4 Å². The fourth-order valence-electron chi connectivity index (χ4n) is 1.57.